The molecule has 170 valence electrons. The fourth-order valence-electron chi connectivity index (χ4n) is 3.94. The summed E-state index contributed by atoms with van der Waals surface area (Å²) in [4.78, 5) is 14.8. The van der Waals surface area contributed by atoms with E-state index >= 15 is 0 Å². The highest BCUT2D eigenvalue weighted by atomic mass is 19.4. The van der Waals surface area contributed by atoms with E-state index in [2.05, 4.69) is 15.3 Å². The molecule has 4 rings (SSSR count). The number of β-amino-alcohol motifs (C(OH)–C–C–N with tert-alkyl or cyclic N) is 1. The zero-order chi connectivity index (χ0) is 22.7. The Kier molecular flexibility index (Phi) is 6.33. The number of piperidine rings is 1. The largest absolute Gasteiger partial charge is 0.573 e. The number of urea groups is 1. The molecule has 2 aliphatic heterocycles. The molecular formula is C22H23F3N4O3. The molecule has 0 spiro atoms. The molecule has 3 atom stereocenters. The van der Waals surface area contributed by atoms with Crippen molar-refractivity contribution in [1.82, 2.24) is 15.4 Å². The van der Waals surface area contributed by atoms with E-state index in [0.717, 1.165) is 10.7 Å². The number of hydrazone groups is 1. The maximum absolute atomic E-state index is 13.2. The molecule has 2 N–H and O–H groups in total. The average molecular weight is 448 g/mol. The number of carbonyl (C=O) groups excluding carboxylic acids is 1. The number of hydrazine groups is 1. The average Bonchev–Trinajstić information content (AvgIpc) is 3.25. The van der Waals surface area contributed by atoms with Crippen LogP contribution in [0.15, 0.2) is 59.7 Å². The first-order valence-electron chi connectivity index (χ1n) is 10.3. The number of carbonyl (C=O) groups is 1. The summed E-state index contributed by atoms with van der Waals surface area (Å²) in [6, 6.07) is 14.2. The van der Waals surface area contributed by atoms with Crippen molar-refractivity contribution in [3.63, 3.8) is 0 Å². The summed E-state index contributed by atoms with van der Waals surface area (Å²) in [5.74, 6) is -0.324. The summed E-state index contributed by atoms with van der Waals surface area (Å²) in [5.41, 5.74) is 4.67. The number of alkyl halides is 3. The second-order valence-corrected chi connectivity index (χ2v) is 7.81. The fourth-order valence-corrected chi connectivity index (χ4v) is 3.94. The summed E-state index contributed by atoms with van der Waals surface area (Å²) < 4.78 is 40.9. The molecule has 2 aromatic carbocycles. The van der Waals surface area contributed by atoms with Gasteiger partial charge < -0.3 is 14.7 Å². The maximum atomic E-state index is 13.2. The highest BCUT2D eigenvalue weighted by Gasteiger charge is 2.36. The minimum Gasteiger partial charge on any atom is -0.406 e. The normalized spacial score (nSPS) is 23.4. The van der Waals surface area contributed by atoms with Gasteiger partial charge in [0.05, 0.1) is 18.4 Å². The number of rotatable bonds is 4. The number of amides is 2. The zero-order valence-corrected chi connectivity index (χ0v) is 17.1. The number of aliphatic hydroxyl groups excluding tert-OH is 1. The molecule has 0 aliphatic carbocycles. The first-order valence-corrected chi connectivity index (χ1v) is 10.3. The van der Waals surface area contributed by atoms with E-state index in [1.165, 1.54) is 30.5 Å². The molecule has 7 nitrogen and oxygen atoms in total. The number of nitrogens with one attached hydrogen (secondary N) is 1. The summed E-state index contributed by atoms with van der Waals surface area (Å²) in [5, 5.41) is 15.4. The molecule has 0 radical (unpaired) electrons. The number of hydrogen-bond donors (Lipinski definition) is 2. The lowest BCUT2D eigenvalue weighted by atomic mass is 9.94. The molecule has 0 aromatic heterocycles. The Labute approximate surface area is 183 Å². The third-order valence-electron chi connectivity index (χ3n) is 5.49. The number of ether oxygens (including phenoxy) is 1. The van der Waals surface area contributed by atoms with E-state index < -0.39 is 18.5 Å². The Balaban J connectivity index is 1.41. The van der Waals surface area contributed by atoms with Crippen LogP contribution in [-0.2, 0) is 6.42 Å². The monoisotopic (exact) mass is 448 g/mol. The molecule has 32 heavy (non-hydrogen) atoms. The standard InChI is InChI=1S/C22H23F3N4O3/c23-22(24,25)32-19-10-6-16(7-11-19)20-13-26-29(27-20)21(31)28-14-18(30)9-8-17(28)12-15-4-2-1-3-5-15/h1-7,10-11,13,17-18,20,27,30H,8-9,12,14H2/t17-,18-,20?/m1/s1. The van der Waals surface area contributed by atoms with Gasteiger partial charge in [-0.3, -0.25) is 0 Å². The number of likely N-dealkylation sites (tertiary alicyclic amines) is 1. The van der Waals surface area contributed by atoms with Gasteiger partial charge in [-0.25, -0.2) is 4.79 Å². The van der Waals surface area contributed by atoms with E-state index in [4.69, 9.17) is 0 Å². The minimum absolute atomic E-state index is 0.0804. The lowest BCUT2D eigenvalue weighted by Gasteiger charge is -2.39. The summed E-state index contributed by atoms with van der Waals surface area (Å²) in [6.45, 7) is 0.207. The molecule has 1 unspecified atom stereocenters. The lowest BCUT2D eigenvalue weighted by Crippen LogP contribution is -2.55. The van der Waals surface area contributed by atoms with Gasteiger partial charge in [-0.15, -0.1) is 18.3 Å². The van der Waals surface area contributed by atoms with Crippen LogP contribution in [0.3, 0.4) is 0 Å². The third kappa shape index (κ3) is 5.38. The molecule has 1 fully saturated rings. The van der Waals surface area contributed by atoms with Crippen LogP contribution in [0, 0.1) is 0 Å². The zero-order valence-electron chi connectivity index (χ0n) is 17.1. The van der Waals surface area contributed by atoms with E-state index in [-0.39, 0.29) is 24.4 Å². The predicted molar refractivity (Wildman–Crippen MR) is 111 cm³/mol. The van der Waals surface area contributed by atoms with Crippen molar-refractivity contribution in [3.8, 4) is 5.75 Å². The molecule has 2 aliphatic rings. The number of halogens is 3. The summed E-state index contributed by atoms with van der Waals surface area (Å²) in [6.07, 6.45) is -1.90. The third-order valence-corrected chi connectivity index (χ3v) is 5.49. The molecule has 0 bridgehead atoms. The first kappa shape index (κ1) is 22.1. The van der Waals surface area contributed by atoms with E-state index in [9.17, 15) is 23.1 Å². The second kappa shape index (κ2) is 9.17. The maximum Gasteiger partial charge on any atom is 0.573 e. The quantitative estimate of drug-likeness (QED) is 0.749. The van der Waals surface area contributed by atoms with Gasteiger partial charge in [0, 0.05) is 12.6 Å². The van der Waals surface area contributed by atoms with Crippen molar-refractivity contribution in [2.24, 2.45) is 5.10 Å². The van der Waals surface area contributed by atoms with Gasteiger partial charge in [-0.1, -0.05) is 42.5 Å². The van der Waals surface area contributed by atoms with Crippen LogP contribution >= 0.6 is 0 Å². The van der Waals surface area contributed by atoms with Gasteiger partial charge >= 0.3 is 12.4 Å². The Hall–Kier alpha value is -3.11. The highest BCUT2D eigenvalue weighted by molar-refractivity contribution is 5.79. The van der Waals surface area contributed by atoms with Crippen LogP contribution in [0.1, 0.15) is 30.0 Å². The highest BCUT2D eigenvalue weighted by Crippen LogP contribution is 2.27. The number of aliphatic hydroxyl groups is 1. The van der Waals surface area contributed by atoms with Crippen molar-refractivity contribution in [2.45, 2.75) is 43.8 Å². The van der Waals surface area contributed by atoms with Crippen molar-refractivity contribution >= 4 is 12.2 Å². The summed E-state index contributed by atoms with van der Waals surface area (Å²) in [7, 11) is 0. The van der Waals surface area contributed by atoms with Crippen molar-refractivity contribution < 1.29 is 27.8 Å². The van der Waals surface area contributed by atoms with Gasteiger partial charge in [-0.05, 0) is 42.5 Å². The van der Waals surface area contributed by atoms with Crippen LogP contribution in [-0.4, -0.2) is 52.4 Å². The van der Waals surface area contributed by atoms with Gasteiger partial charge in [0.25, 0.3) is 0 Å². The minimum atomic E-state index is -4.76. The number of hydrogen-bond acceptors (Lipinski definition) is 5. The van der Waals surface area contributed by atoms with E-state index in [1.54, 1.807) is 4.90 Å². The number of benzene rings is 2. The van der Waals surface area contributed by atoms with Crippen LogP contribution in [0.25, 0.3) is 0 Å². The lowest BCUT2D eigenvalue weighted by molar-refractivity contribution is -0.274. The Morgan fingerprint density at radius 1 is 1.12 bits per heavy atom. The van der Waals surface area contributed by atoms with Crippen molar-refractivity contribution in [3.05, 3.63) is 65.7 Å². The van der Waals surface area contributed by atoms with Gasteiger partial charge in [0.2, 0.25) is 0 Å². The first-order chi connectivity index (χ1) is 15.3. The molecular weight excluding hydrogens is 425 g/mol. The summed E-state index contributed by atoms with van der Waals surface area (Å²) >= 11 is 0. The van der Waals surface area contributed by atoms with Crippen molar-refractivity contribution in [2.75, 3.05) is 6.54 Å². The second-order valence-electron chi connectivity index (χ2n) is 7.81. The van der Waals surface area contributed by atoms with Crippen LogP contribution in [0.2, 0.25) is 0 Å². The number of nitrogens with zero attached hydrogens (tertiary/aromatic N) is 3. The van der Waals surface area contributed by atoms with E-state index in [1.807, 2.05) is 30.3 Å². The van der Waals surface area contributed by atoms with Gasteiger partial charge in [0.15, 0.2) is 0 Å². The molecule has 2 aromatic rings. The SMILES string of the molecule is O=C(N1N=CC(c2ccc(OC(F)(F)F)cc2)N1)N1C[C@H](O)CC[C@@H]1Cc1ccccc1. The molecule has 2 amide bonds. The molecule has 1 saturated heterocycles. The molecule has 2 heterocycles. The fraction of sp³-hybridized carbons (Fsp3) is 0.364. The Morgan fingerprint density at radius 2 is 1.84 bits per heavy atom. The molecule has 0 saturated carbocycles. The van der Waals surface area contributed by atoms with Crippen LogP contribution < -0.4 is 10.2 Å². The van der Waals surface area contributed by atoms with E-state index in [0.29, 0.717) is 24.8 Å². The van der Waals surface area contributed by atoms with Crippen LogP contribution in [0.5, 0.6) is 5.75 Å². The van der Waals surface area contributed by atoms with Crippen LogP contribution in [0.4, 0.5) is 18.0 Å². The van der Waals surface area contributed by atoms with Crippen molar-refractivity contribution in [1.29, 1.82) is 0 Å². The smallest absolute Gasteiger partial charge is 0.406 e. The van der Waals surface area contributed by atoms with Gasteiger partial charge in [0.1, 0.15) is 5.75 Å². The Bertz CT molecular complexity index is 953. The topological polar surface area (TPSA) is 77.4 Å². The van der Waals surface area contributed by atoms with Gasteiger partial charge in [-0.2, -0.15) is 10.5 Å². The molecule has 10 heteroatoms. The Morgan fingerprint density at radius 3 is 2.53 bits per heavy atom. The predicted octanol–water partition coefficient (Wildman–Crippen LogP) is 3.62.